The minimum atomic E-state index is -2.73. The van der Waals surface area contributed by atoms with Gasteiger partial charge in [-0.1, -0.05) is 12.5 Å². The number of hydrazine groups is 1. The number of fused-ring (bicyclic) bond motifs is 1. The van der Waals surface area contributed by atoms with Crippen LogP contribution in [0.4, 0.5) is 20.2 Å². The number of hydrogen-bond donors (Lipinski definition) is 5. The van der Waals surface area contributed by atoms with Crippen LogP contribution in [-0.2, 0) is 15.2 Å². The lowest BCUT2D eigenvalue weighted by atomic mass is 9.88. The number of alkyl halides is 2. The third-order valence-corrected chi connectivity index (χ3v) is 12.2. The van der Waals surface area contributed by atoms with Gasteiger partial charge in [0.1, 0.15) is 17.1 Å². The highest BCUT2D eigenvalue weighted by Gasteiger charge is 2.64. The van der Waals surface area contributed by atoms with Gasteiger partial charge in [-0.15, -0.1) is 0 Å². The van der Waals surface area contributed by atoms with Crippen LogP contribution in [0.1, 0.15) is 43.2 Å². The summed E-state index contributed by atoms with van der Waals surface area (Å²) >= 11 is 0. The van der Waals surface area contributed by atoms with Gasteiger partial charge in [-0.3, -0.25) is 15.1 Å². The number of nitrogens with one attached hydrogen (secondary N) is 3. The van der Waals surface area contributed by atoms with Crippen LogP contribution in [0.15, 0.2) is 36.7 Å². The minimum Gasteiger partial charge on any atom is -0.368 e. The SMILES string of the molecule is CNCC1CCCCN1N1CNc2ccc(C3(C(N)=O)C[SH](C4CC4)C(c4ccnnc4)(C(F)F)N3)cc21. The number of hydrogen-bond acceptors (Lipinski definition) is 8. The second-order valence-electron chi connectivity index (χ2n) is 10.8. The fourth-order valence-corrected chi connectivity index (χ4v) is 10.3. The number of rotatable bonds is 8. The lowest BCUT2D eigenvalue weighted by Gasteiger charge is -2.42. The maximum Gasteiger partial charge on any atom is 0.268 e. The van der Waals surface area contributed by atoms with E-state index in [0.29, 0.717) is 23.8 Å². The molecule has 2 aromatic rings. The van der Waals surface area contributed by atoms with Gasteiger partial charge in [-0.25, -0.2) is 24.7 Å². The summed E-state index contributed by atoms with van der Waals surface area (Å²) in [7, 11) is 0.648. The Bertz CT molecular complexity index is 1190. The highest BCUT2D eigenvalue weighted by Crippen LogP contribution is 2.66. The Morgan fingerprint density at radius 2 is 2.08 bits per heavy atom. The molecule has 1 aliphatic carbocycles. The lowest BCUT2D eigenvalue weighted by Crippen LogP contribution is -2.57. The fourth-order valence-electron chi connectivity index (χ4n) is 6.51. The highest BCUT2D eigenvalue weighted by atomic mass is 32.2. The topological polar surface area (TPSA) is 111 Å². The lowest BCUT2D eigenvalue weighted by molar-refractivity contribution is -0.124. The van der Waals surface area contributed by atoms with Crippen molar-refractivity contribution in [3.05, 3.63) is 47.8 Å². The fraction of sp³-hybridized carbons (Fsp3) is 0.577. The summed E-state index contributed by atoms with van der Waals surface area (Å²) in [4.78, 5) is 11.6. The van der Waals surface area contributed by atoms with E-state index in [0.717, 1.165) is 50.1 Å². The van der Waals surface area contributed by atoms with E-state index >= 15 is 8.78 Å². The Labute approximate surface area is 224 Å². The maximum absolute atomic E-state index is 15.2. The molecule has 38 heavy (non-hydrogen) atoms. The van der Waals surface area contributed by atoms with Crippen molar-refractivity contribution in [1.29, 1.82) is 0 Å². The van der Waals surface area contributed by atoms with Crippen LogP contribution < -0.4 is 26.7 Å². The average Bonchev–Trinajstić information content (AvgIpc) is 3.57. The first kappa shape index (κ1) is 25.7. The van der Waals surface area contributed by atoms with E-state index in [2.05, 4.69) is 36.2 Å². The zero-order valence-corrected chi connectivity index (χ0v) is 22.4. The number of carbonyl (C=O) groups is 1. The Balaban J connectivity index is 1.42. The van der Waals surface area contributed by atoms with Crippen molar-refractivity contribution < 1.29 is 13.6 Å². The highest BCUT2D eigenvalue weighted by molar-refractivity contribution is 8.18. The molecule has 12 heteroatoms. The molecule has 3 fully saturated rings. The molecule has 206 valence electrons. The van der Waals surface area contributed by atoms with Crippen LogP contribution >= 0.6 is 10.9 Å². The predicted molar refractivity (Wildman–Crippen MR) is 146 cm³/mol. The Morgan fingerprint density at radius 3 is 2.76 bits per heavy atom. The molecule has 0 radical (unpaired) electrons. The van der Waals surface area contributed by atoms with E-state index in [1.807, 2.05) is 25.2 Å². The van der Waals surface area contributed by atoms with Crippen LogP contribution in [0, 0.1) is 0 Å². The first-order chi connectivity index (χ1) is 18.4. The number of thiol groups is 1. The minimum absolute atomic E-state index is 0.157. The average molecular weight is 547 g/mol. The molecular weight excluding hydrogens is 510 g/mol. The van der Waals surface area contributed by atoms with Crippen LogP contribution in [0.2, 0.25) is 0 Å². The molecule has 9 nitrogen and oxygen atoms in total. The van der Waals surface area contributed by atoms with Gasteiger partial charge in [0.05, 0.1) is 17.6 Å². The van der Waals surface area contributed by atoms with Crippen molar-refractivity contribution in [1.82, 2.24) is 25.8 Å². The predicted octanol–water partition coefficient (Wildman–Crippen LogP) is 2.22. The molecule has 0 bridgehead atoms. The smallest absolute Gasteiger partial charge is 0.268 e. The monoisotopic (exact) mass is 546 g/mol. The first-order valence-electron chi connectivity index (χ1n) is 13.4. The van der Waals surface area contributed by atoms with Crippen molar-refractivity contribution in [3.63, 3.8) is 0 Å². The number of benzene rings is 1. The van der Waals surface area contributed by atoms with Gasteiger partial charge in [-0.2, -0.15) is 10.2 Å². The third-order valence-electron chi connectivity index (χ3n) is 8.55. The molecule has 4 atom stereocenters. The Morgan fingerprint density at radius 1 is 1.24 bits per heavy atom. The molecule has 5 N–H and O–H groups in total. The number of primary amides is 1. The molecule has 1 aromatic carbocycles. The third kappa shape index (κ3) is 4.04. The van der Waals surface area contributed by atoms with Crippen molar-refractivity contribution in [2.24, 2.45) is 5.73 Å². The number of amides is 1. The molecule has 1 aromatic heterocycles. The quantitative estimate of drug-likeness (QED) is 0.321. The molecule has 2 saturated heterocycles. The zero-order valence-electron chi connectivity index (χ0n) is 21.5. The Hall–Kier alpha value is -2.54. The van der Waals surface area contributed by atoms with E-state index in [4.69, 9.17) is 5.73 Å². The second-order valence-corrected chi connectivity index (χ2v) is 13.5. The molecule has 1 amide bonds. The molecule has 4 unspecified atom stereocenters. The Kier molecular flexibility index (Phi) is 6.69. The number of anilines is 2. The van der Waals surface area contributed by atoms with Gasteiger partial charge in [0.15, 0.2) is 0 Å². The number of piperidine rings is 1. The first-order valence-corrected chi connectivity index (χ1v) is 15.0. The number of likely N-dealkylation sites (N-methyl/N-ethyl adjacent to an activating group) is 1. The van der Waals surface area contributed by atoms with Crippen molar-refractivity contribution in [2.45, 2.75) is 60.2 Å². The molecule has 1 saturated carbocycles. The van der Waals surface area contributed by atoms with Gasteiger partial charge in [0, 0.05) is 36.6 Å². The van der Waals surface area contributed by atoms with Crippen LogP contribution in [0.3, 0.4) is 0 Å². The van der Waals surface area contributed by atoms with Crippen LogP contribution in [-0.4, -0.2) is 71.4 Å². The van der Waals surface area contributed by atoms with Gasteiger partial charge < -0.3 is 16.4 Å². The van der Waals surface area contributed by atoms with E-state index in [1.165, 1.54) is 18.8 Å². The number of nitrogens with zero attached hydrogens (tertiary/aromatic N) is 4. The summed E-state index contributed by atoms with van der Waals surface area (Å²) in [5.41, 5.74) is 7.62. The number of nitrogens with two attached hydrogens (primary N) is 1. The number of halogens is 2. The summed E-state index contributed by atoms with van der Waals surface area (Å²) < 4.78 is 30.4. The number of aromatic nitrogens is 2. The summed E-state index contributed by atoms with van der Waals surface area (Å²) in [6, 6.07) is 7.73. The molecule has 4 heterocycles. The second kappa shape index (κ2) is 9.89. The van der Waals surface area contributed by atoms with Crippen LogP contribution in [0.5, 0.6) is 0 Å². The molecule has 3 aliphatic heterocycles. The number of carbonyl (C=O) groups excluding carboxylic acids is 1. The van der Waals surface area contributed by atoms with Gasteiger partial charge in [0.2, 0.25) is 5.91 Å². The van der Waals surface area contributed by atoms with E-state index in [9.17, 15) is 4.79 Å². The van der Waals surface area contributed by atoms with Gasteiger partial charge >= 0.3 is 0 Å². The van der Waals surface area contributed by atoms with Gasteiger partial charge in [0.25, 0.3) is 6.43 Å². The standard InChI is InChI=1S/C26H36F2N8OS/c1-30-14-19-4-2-3-11-35(19)36-16-31-21-8-5-17(12-22(21)36)25(24(29)37)15-38(20-6-7-20)26(34-25,23(27)28)18-9-10-32-33-13-18/h5,8-10,12-13,19-20,23,30-31,34,38H,2-4,6-7,11,14-16H2,1H3,(H2,29,37). The van der Waals surface area contributed by atoms with E-state index in [1.54, 1.807) is 6.07 Å². The summed E-state index contributed by atoms with van der Waals surface area (Å²) in [6.45, 7) is 2.43. The molecule has 6 rings (SSSR count). The maximum atomic E-state index is 15.2. The molecule has 4 aliphatic rings. The van der Waals surface area contributed by atoms with E-state index in [-0.39, 0.29) is 11.0 Å². The summed E-state index contributed by atoms with van der Waals surface area (Å²) in [5, 5.41) is 22.5. The van der Waals surface area contributed by atoms with Crippen molar-refractivity contribution in [2.75, 3.05) is 42.9 Å². The largest absolute Gasteiger partial charge is 0.368 e. The van der Waals surface area contributed by atoms with Crippen molar-refractivity contribution >= 4 is 28.2 Å². The van der Waals surface area contributed by atoms with Crippen molar-refractivity contribution in [3.8, 4) is 0 Å². The normalized spacial score (nSPS) is 32.4. The van der Waals surface area contributed by atoms with E-state index < -0.39 is 33.6 Å². The van der Waals surface area contributed by atoms with Gasteiger partial charge in [-0.05, 0) is 61.7 Å². The molecular formula is C26H36F2N8OS. The zero-order chi connectivity index (χ0) is 26.5. The van der Waals surface area contributed by atoms with Crippen LogP contribution in [0.25, 0.3) is 0 Å². The summed E-state index contributed by atoms with van der Waals surface area (Å²) in [6.07, 6.45) is 5.28. The molecule has 0 spiro atoms. The summed E-state index contributed by atoms with van der Waals surface area (Å²) in [5.74, 6) is -0.355.